The molecule has 1 aliphatic rings. The molecule has 0 spiro atoms. The zero-order chi connectivity index (χ0) is 18.8. The second-order valence-electron chi connectivity index (χ2n) is 7.99. The molecule has 1 amide bonds. The van der Waals surface area contributed by atoms with Crippen LogP contribution in [0.25, 0.3) is 0 Å². The maximum absolute atomic E-state index is 12.9. The summed E-state index contributed by atoms with van der Waals surface area (Å²) in [5.41, 5.74) is -0.535. The van der Waals surface area contributed by atoms with Gasteiger partial charge in [-0.15, -0.1) is 0 Å². The van der Waals surface area contributed by atoms with Crippen LogP contribution in [-0.2, 0) is 20.9 Å². The van der Waals surface area contributed by atoms with Crippen molar-refractivity contribution in [2.75, 3.05) is 0 Å². The van der Waals surface area contributed by atoms with Crippen molar-refractivity contribution in [3.63, 3.8) is 0 Å². The summed E-state index contributed by atoms with van der Waals surface area (Å²) < 4.78 is 11.2. The third-order valence-electron chi connectivity index (χ3n) is 5.08. The molecule has 3 atom stereocenters. The van der Waals surface area contributed by atoms with E-state index in [1.165, 1.54) is 4.90 Å². The highest BCUT2D eigenvalue weighted by molar-refractivity contribution is 5.88. The third kappa shape index (κ3) is 3.65. The van der Waals surface area contributed by atoms with Crippen LogP contribution >= 0.6 is 0 Å². The van der Waals surface area contributed by atoms with Crippen LogP contribution < -0.4 is 0 Å². The average molecular weight is 347 g/mol. The second-order valence-corrected chi connectivity index (χ2v) is 7.99. The Hall–Kier alpha value is -2.04. The fourth-order valence-electron chi connectivity index (χ4n) is 3.09. The molecule has 2 rings (SSSR count). The Morgan fingerprint density at radius 2 is 1.92 bits per heavy atom. The first-order valence-electron chi connectivity index (χ1n) is 8.83. The van der Waals surface area contributed by atoms with Crippen molar-refractivity contribution in [3.05, 3.63) is 35.9 Å². The Bertz CT molecular complexity index is 622. The van der Waals surface area contributed by atoms with E-state index in [2.05, 4.69) is 0 Å². The first kappa shape index (κ1) is 19.3. The summed E-state index contributed by atoms with van der Waals surface area (Å²) in [4.78, 5) is 27.1. The molecule has 0 aliphatic carbocycles. The molecule has 1 aliphatic heterocycles. The molecule has 5 nitrogen and oxygen atoms in total. The molecule has 1 saturated heterocycles. The standard InChI is InChI=1S/C20H29NO4/c1-7-14(2)20(6)17(22)25-16(19(3,4)5)21(20)18(23)24-13-15-11-9-8-10-12-15/h8-12,14,16H,7,13H2,1-6H3/t14-,16+,20+/m0/s1. The van der Waals surface area contributed by atoms with E-state index >= 15 is 0 Å². The number of ether oxygens (including phenoxy) is 2. The Labute approximate surface area is 150 Å². The lowest BCUT2D eigenvalue weighted by Gasteiger charge is -2.40. The zero-order valence-corrected chi connectivity index (χ0v) is 16.0. The molecule has 138 valence electrons. The number of amides is 1. The molecule has 25 heavy (non-hydrogen) atoms. The van der Waals surface area contributed by atoms with Gasteiger partial charge in [-0.2, -0.15) is 0 Å². The lowest BCUT2D eigenvalue weighted by Crippen LogP contribution is -2.57. The Morgan fingerprint density at radius 1 is 1.32 bits per heavy atom. The number of hydrogen-bond donors (Lipinski definition) is 0. The van der Waals surface area contributed by atoms with Gasteiger partial charge < -0.3 is 9.47 Å². The first-order chi connectivity index (χ1) is 11.6. The minimum atomic E-state index is -1.03. The summed E-state index contributed by atoms with van der Waals surface area (Å²) in [6.45, 7) is 11.8. The fourth-order valence-corrected chi connectivity index (χ4v) is 3.09. The third-order valence-corrected chi connectivity index (χ3v) is 5.08. The minimum Gasteiger partial charge on any atom is -0.444 e. The predicted octanol–water partition coefficient (Wildman–Crippen LogP) is 4.36. The smallest absolute Gasteiger partial charge is 0.414 e. The fraction of sp³-hybridized carbons (Fsp3) is 0.600. The van der Waals surface area contributed by atoms with Crippen molar-refractivity contribution >= 4 is 12.1 Å². The molecule has 0 N–H and O–H groups in total. The second kappa shape index (κ2) is 7.06. The monoisotopic (exact) mass is 347 g/mol. The number of esters is 1. The first-order valence-corrected chi connectivity index (χ1v) is 8.83. The molecule has 1 fully saturated rings. The van der Waals surface area contributed by atoms with Crippen LogP contribution in [-0.4, -0.2) is 28.7 Å². The number of carbonyl (C=O) groups is 2. The van der Waals surface area contributed by atoms with Crippen molar-refractivity contribution in [3.8, 4) is 0 Å². The van der Waals surface area contributed by atoms with E-state index in [0.717, 1.165) is 12.0 Å². The molecule has 0 aromatic heterocycles. The summed E-state index contributed by atoms with van der Waals surface area (Å²) in [6, 6.07) is 9.50. The topological polar surface area (TPSA) is 55.8 Å². The molecule has 1 heterocycles. The molecule has 1 aromatic rings. The van der Waals surface area contributed by atoms with Gasteiger partial charge in [0.2, 0.25) is 0 Å². The largest absolute Gasteiger partial charge is 0.444 e. The summed E-state index contributed by atoms with van der Waals surface area (Å²) >= 11 is 0. The van der Waals surface area contributed by atoms with E-state index in [0.29, 0.717) is 0 Å². The Balaban J connectivity index is 2.29. The zero-order valence-electron chi connectivity index (χ0n) is 16.0. The maximum atomic E-state index is 12.9. The van der Waals surface area contributed by atoms with Crippen LogP contribution in [0.15, 0.2) is 30.3 Å². The van der Waals surface area contributed by atoms with Gasteiger partial charge in [-0.05, 0) is 18.4 Å². The highest BCUT2D eigenvalue weighted by Crippen LogP contribution is 2.42. The van der Waals surface area contributed by atoms with E-state index in [4.69, 9.17) is 9.47 Å². The Morgan fingerprint density at radius 3 is 2.44 bits per heavy atom. The van der Waals surface area contributed by atoms with Gasteiger partial charge in [0, 0.05) is 5.41 Å². The summed E-state index contributed by atoms with van der Waals surface area (Å²) in [5, 5.41) is 0. The summed E-state index contributed by atoms with van der Waals surface area (Å²) in [7, 11) is 0. The van der Waals surface area contributed by atoms with Crippen LogP contribution in [0.5, 0.6) is 0 Å². The highest BCUT2D eigenvalue weighted by Gasteiger charge is 2.60. The van der Waals surface area contributed by atoms with Gasteiger partial charge in [-0.1, -0.05) is 71.4 Å². The molecule has 0 saturated carbocycles. The van der Waals surface area contributed by atoms with Crippen LogP contribution in [0, 0.1) is 11.3 Å². The Kier molecular flexibility index (Phi) is 5.45. The van der Waals surface area contributed by atoms with E-state index in [1.807, 2.05) is 65.0 Å². The van der Waals surface area contributed by atoms with Crippen LogP contribution in [0.3, 0.4) is 0 Å². The number of rotatable bonds is 4. The van der Waals surface area contributed by atoms with Crippen molar-refractivity contribution in [2.45, 2.75) is 66.3 Å². The molecular weight excluding hydrogens is 318 g/mol. The lowest BCUT2D eigenvalue weighted by molar-refractivity contribution is -0.149. The van der Waals surface area contributed by atoms with Gasteiger partial charge in [-0.3, -0.25) is 4.90 Å². The van der Waals surface area contributed by atoms with Crippen molar-refractivity contribution in [2.24, 2.45) is 11.3 Å². The van der Waals surface area contributed by atoms with Crippen LogP contribution in [0.4, 0.5) is 4.79 Å². The van der Waals surface area contributed by atoms with Gasteiger partial charge >= 0.3 is 12.1 Å². The quantitative estimate of drug-likeness (QED) is 0.760. The van der Waals surface area contributed by atoms with Crippen LogP contribution in [0.2, 0.25) is 0 Å². The van der Waals surface area contributed by atoms with E-state index in [1.54, 1.807) is 6.92 Å². The number of benzene rings is 1. The molecule has 1 aromatic carbocycles. The SMILES string of the molecule is CC[C@H](C)[C@]1(C)C(=O)O[C@H](C(C)(C)C)N1C(=O)OCc1ccccc1. The lowest BCUT2D eigenvalue weighted by atomic mass is 9.83. The van der Waals surface area contributed by atoms with Gasteiger partial charge in [0.15, 0.2) is 6.23 Å². The van der Waals surface area contributed by atoms with Gasteiger partial charge in [0.05, 0.1) is 0 Å². The number of nitrogens with zero attached hydrogens (tertiary/aromatic N) is 1. The van der Waals surface area contributed by atoms with Crippen molar-refractivity contribution in [1.82, 2.24) is 4.90 Å². The molecule has 5 heteroatoms. The van der Waals surface area contributed by atoms with Gasteiger partial charge in [0.25, 0.3) is 0 Å². The maximum Gasteiger partial charge on any atom is 0.414 e. The van der Waals surface area contributed by atoms with Gasteiger partial charge in [-0.25, -0.2) is 9.59 Å². The number of carbonyl (C=O) groups excluding carboxylic acids is 2. The molecular formula is C20H29NO4. The minimum absolute atomic E-state index is 0.0448. The average Bonchev–Trinajstić information content (AvgIpc) is 2.85. The summed E-state index contributed by atoms with van der Waals surface area (Å²) in [5.74, 6) is -0.407. The van der Waals surface area contributed by atoms with Crippen molar-refractivity contribution in [1.29, 1.82) is 0 Å². The molecule has 0 radical (unpaired) electrons. The van der Waals surface area contributed by atoms with Crippen LogP contribution in [0.1, 0.15) is 53.5 Å². The highest BCUT2D eigenvalue weighted by atomic mass is 16.6. The molecule has 0 unspecified atom stereocenters. The summed E-state index contributed by atoms with van der Waals surface area (Å²) in [6.07, 6.45) is -0.412. The normalized spacial score (nSPS) is 24.8. The predicted molar refractivity (Wildman–Crippen MR) is 95.7 cm³/mol. The molecule has 0 bridgehead atoms. The number of hydrogen-bond acceptors (Lipinski definition) is 4. The van der Waals surface area contributed by atoms with Gasteiger partial charge in [0.1, 0.15) is 12.1 Å². The van der Waals surface area contributed by atoms with E-state index in [-0.39, 0.29) is 18.5 Å². The van der Waals surface area contributed by atoms with E-state index in [9.17, 15) is 9.59 Å². The van der Waals surface area contributed by atoms with E-state index < -0.39 is 23.3 Å². The number of cyclic esters (lactones) is 1. The van der Waals surface area contributed by atoms with Crippen molar-refractivity contribution < 1.29 is 19.1 Å².